The molecule has 0 N–H and O–H groups in total. The Hall–Kier alpha value is -3.63. The number of hydrogen-bond acceptors (Lipinski definition) is 4. The zero-order valence-electron chi connectivity index (χ0n) is 16.5. The third kappa shape index (κ3) is 4.04. The average Bonchev–Trinajstić information content (AvgIpc) is 3.23. The van der Waals surface area contributed by atoms with Crippen LogP contribution in [0.25, 0.3) is 33.3 Å². The molecule has 0 unspecified atom stereocenters. The van der Waals surface area contributed by atoms with Gasteiger partial charge >= 0.3 is 0 Å². The van der Waals surface area contributed by atoms with Crippen molar-refractivity contribution in [1.29, 1.82) is 0 Å². The third-order valence-electron chi connectivity index (χ3n) is 4.96. The van der Waals surface area contributed by atoms with Crippen LogP contribution in [0.2, 0.25) is 0 Å². The van der Waals surface area contributed by atoms with E-state index in [1.807, 2.05) is 66.7 Å². The topological polar surface area (TPSA) is 44.5 Å². The zero-order valence-corrected chi connectivity index (χ0v) is 16.5. The predicted octanol–water partition coefficient (Wildman–Crippen LogP) is 6.24. The molecule has 0 radical (unpaired) electrons. The summed E-state index contributed by atoms with van der Waals surface area (Å²) in [5.41, 5.74) is 3.64. The maximum absolute atomic E-state index is 5.96. The van der Waals surface area contributed by atoms with Crippen LogP contribution in [0.1, 0.15) is 5.56 Å². The monoisotopic (exact) mass is 395 g/mol. The first kappa shape index (κ1) is 18.4. The normalized spacial score (nSPS) is 11.2. The van der Waals surface area contributed by atoms with Crippen molar-refractivity contribution in [3.8, 4) is 17.2 Å². The lowest BCUT2D eigenvalue weighted by Crippen LogP contribution is -2.06. The molecule has 0 aliphatic carbocycles. The molecule has 5 rings (SSSR count). The summed E-state index contributed by atoms with van der Waals surface area (Å²) in [4.78, 5) is 4.66. The number of benzene rings is 4. The second-order valence-electron chi connectivity index (χ2n) is 7.10. The zero-order chi connectivity index (χ0) is 20.2. The summed E-state index contributed by atoms with van der Waals surface area (Å²) in [5.74, 6) is 1.36. The van der Waals surface area contributed by atoms with E-state index in [2.05, 4.69) is 29.2 Å². The van der Waals surface area contributed by atoms with E-state index >= 15 is 0 Å². The average molecular weight is 395 g/mol. The molecule has 4 nitrogen and oxygen atoms in total. The molecule has 0 fully saturated rings. The highest BCUT2D eigenvalue weighted by Gasteiger charge is 2.10. The van der Waals surface area contributed by atoms with Crippen molar-refractivity contribution in [2.24, 2.45) is 0 Å². The maximum atomic E-state index is 5.96. The van der Waals surface area contributed by atoms with Crippen molar-refractivity contribution in [2.75, 3.05) is 13.2 Å². The molecule has 0 atom stereocenters. The summed E-state index contributed by atoms with van der Waals surface area (Å²) >= 11 is 0. The van der Waals surface area contributed by atoms with Crippen LogP contribution in [-0.2, 0) is 11.3 Å². The van der Waals surface area contributed by atoms with Gasteiger partial charge in [-0.3, -0.25) is 0 Å². The Bertz CT molecular complexity index is 1280. The number of ether oxygens (including phenoxy) is 2. The fourth-order valence-electron chi connectivity index (χ4n) is 3.43. The first-order chi connectivity index (χ1) is 14.8. The van der Waals surface area contributed by atoms with Gasteiger partial charge in [-0.05, 0) is 40.6 Å². The third-order valence-corrected chi connectivity index (χ3v) is 4.96. The van der Waals surface area contributed by atoms with Gasteiger partial charge in [0.2, 0.25) is 5.89 Å². The SMILES string of the molecule is c1ccc(COCCOc2ccc3oc(-c4ccc5ccccc5c4)nc3c2)cc1. The van der Waals surface area contributed by atoms with E-state index in [9.17, 15) is 0 Å². The highest BCUT2D eigenvalue weighted by Crippen LogP contribution is 2.29. The van der Waals surface area contributed by atoms with Gasteiger partial charge in [0.25, 0.3) is 0 Å². The molecular weight excluding hydrogens is 374 g/mol. The van der Waals surface area contributed by atoms with E-state index in [1.54, 1.807) is 0 Å². The minimum absolute atomic E-state index is 0.480. The molecule has 30 heavy (non-hydrogen) atoms. The Kier molecular flexibility index (Phi) is 5.15. The number of hydrogen-bond donors (Lipinski definition) is 0. The molecule has 0 bridgehead atoms. The highest BCUT2D eigenvalue weighted by atomic mass is 16.5. The molecule has 5 aromatic rings. The van der Waals surface area contributed by atoms with Gasteiger partial charge in [0.1, 0.15) is 17.9 Å². The van der Waals surface area contributed by atoms with E-state index in [0.717, 1.165) is 33.4 Å². The standard InChI is InChI=1S/C26H21NO3/c1-2-6-19(7-3-1)18-28-14-15-29-23-12-13-25-24(17-23)27-26(30-25)22-11-10-20-8-4-5-9-21(20)16-22/h1-13,16-17H,14-15,18H2. The number of aromatic nitrogens is 1. The molecule has 0 spiro atoms. The molecule has 0 amide bonds. The summed E-state index contributed by atoms with van der Waals surface area (Å²) in [6.45, 7) is 1.59. The first-order valence-corrected chi connectivity index (χ1v) is 9.99. The van der Waals surface area contributed by atoms with E-state index in [4.69, 9.17) is 13.9 Å². The van der Waals surface area contributed by atoms with Crippen LogP contribution in [0.3, 0.4) is 0 Å². The van der Waals surface area contributed by atoms with Crippen LogP contribution in [-0.4, -0.2) is 18.2 Å². The first-order valence-electron chi connectivity index (χ1n) is 9.99. The number of oxazole rings is 1. The van der Waals surface area contributed by atoms with Crippen molar-refractivity contribution in [1.82, 2.24) is 4.98 Å². The molecule has 0 saturated carbocycles. The second kappa shape index (κ2) is 8.39. The highest BCUT2D eigenvalue weighted by molar-refractivity contribution is 5.87. The van der Waals surface area contributed by atoms with Gasteiger partial charge in [0.15, 0.2) is 5.58 Å². The van der Waals surface area contributed by atoms with Gasteiger partial charge in [-0.1, -0.05) is 60.7 Å². The van der Waals surface area contributed by atoms with Crippen LogP contribution in [0.4, 0.5) is 0 Å². The van der Waals surface area contributed by atoms with Crippen molar-refractivity contribution < 1.29 is 13.9 Å². The fraction of sp³-hybridized carbons (Fsp3) is 0.115. The largest absolute Gasteiger partial charge is 0.491 e. The Morgan fingerprint density at radius 3 is 2.47 bits per heavy atom. The van der Waals surface area contributed by atoms with E-state index in [0.29, 0.717) is 25.7 Å². The van der Waals surface area contributed by atoms with Crippen LogP contribution < -0.4 is 4.74 Å². The second-order valence-corrected chi connectivity index (χ2v) is 7.10. The fourth-order valence-corrected chi connectivity index (χ4v) is 3.43. The van der Waals surface area contributed by atoms with Crippen molar-refractivity contribution in [2.45, 2.75) is 6.61 Å². The lowest BCUT2D eigenvalue weighted by atomic mass is 10.1. The molecule has 148 valence electrons. The predicted molar refractivity (Wildman–Crippen MR) is 119 cm³/mol. The smallest absolute Gasteiger partial charge is 0.227 e. The summed E-state index contributed by atoms with van der Waals surface area (Å²) < 4.78 is 17.4. The molecular formula is C26H21NO3. The lowest BCUT2D eigenvalue weighted by Gasteiger charge is -2.07. The Labute approximate surface area is 174 Å². The molecule has 4 heteroatoms. The van der Waals surface area contributed by atoms with Gasteiger partial charge in [0.05, 0.1) is 13.2 Å². The number of rotatable bonds is 7. The Morgan fingerprint density at radius 1 is 0.733 bits per heavy atom. The van der Waals surface area contributed by atoms with Crippen molar-refractivity contribution in [3.05, 3.63) is 96.6 Å². The van der Waals surface area contributed by atoms with E-state index in [-0.39, 0.29) is 0 Å². The van der Waals surface area contributed by atoms with Crippen molar-refractivity contribution >= 4 is 21.9 Å². The molecule has 0 saturated heterocycles. The summed E-state index contributed by atoms with van der Waals surface area (Å²) in [6.07, 6.45) is 0. The quantitative estimate of drug-likeness (QED) is 0.306. The van der Waals surface area contributed by atoms with Gasteiger partial charge in [-0.25, -0.2) is 4.98 Å². The molecule has 0 aliphatic rings. The molecule has 1 aromatic heterocycles. The van der Waals surface area contributed by atoms with Gasteiger partial charge < -0.3 is 13.9 Å². The molecule has 0 aliphatic heterocycles. The molecule has 4 aromatic carbocycles. The number of fused-ring (bicyclic) bond motifs is 2. The van der Waals surface area contributed by atoms with E-state index < -0.39 is 0 Å². The van der Waals surface area contributed by atoms with Crippen molar-refractivity contribution in [3.63, 3.8) is 0 Å². The summed E-state index contributed by atoms with van der Waals surface area (Å²) in [7, 11) is 0. The maximum Gasteiger partial charge on any atom is 0.227 e. The summed E-state index contributed by atoms with van der Waals surface area (Å²) in [5, 5.41) is 2.36. The van der Waals surface area contributed by atoms with Gasteiger partial charge in [-0.15, -0.1) is 0 Å². The van der Waals surface area contributed by atoms with Crippen LogP contribution >= 0.6 is 0 Å². The minimum Gasteiger partial charge on any atom is -0.491 e. The van der Waals surface area contributed by atoms with Crippen LogP contribution in [0.15, 0.2) is 95.4 Å². The Balaban J connectivity index is 1.24. The molecule has 1 heterocycles. The van der Waals surface area contributed by atoms with E-state index in [1.165, 1.54) is 5.39 Å². The minimum atomic E-state index is 0.480. The lowest BCUT2D eigenvalue weighted by molar-refractivity contribution is 0.0889. The van der Waals surface area contributed by atoms with Crippen LogP contribution in [0.5, 0.6) is 5.75 Å². The Morgan fingerprint density at radius 2 is 1.57 bits per heavy atom. The van der Waals surface area contributed by atoms with Gasteiger partial charge in [0, 0.05) is 11.6 Å². The van der Waals surface area contributed by atoms with Crippen LogP contribution in [0, 0.1) is 0 Å². The summed E-state index contributed by atoms with van der Waals surface area (Å²) in [6, 6.07) is 30.3. The van der Waals surface area contributed by atoms with Gasteiger partial charge in [-0.2, -0.15) is 0 Å². The number of nitrogens with zero attached hydrogens (tertiary/aromatic N) is 1.